The van der Waals surface area contributed by atoms with Crippen LogP contribution in [0.25, 0.3) is 27.6 Å². The van der Waals surface area contributed by atoms with Crippen molar-refractivity contribution < 1.29 is 4.39 Å². The number of aromatic amines is 1. The molecule has 0 unspecified atom stereocenters. The molecule has 0 aliphatic heterocycles. The fraction of sp³-hybridized carbons (Fsp3) is 0.0909. The van der Waals surface area contributed by atoms with Crippen molar-refractivity contribution in [2.45, 2.75) is 13.0 Å². The number of benzene rings is 2. The van der Waals surface area contributed by atoms with E-state index in [4.69, 9.17) is 11.6 Å². The molecule has 3 aromatic heterocycles. The fourth-order valence-electron chi connectivity index (χ4n) is 3.63. The summed E-state index contributed by atoms with van der Waals surface area (Å²) in [5, 5.41) is 4.81. The molecule has 3 heterocycles. The van der Waals surface area contributed by atoms with E-state index in [-0.39, 0.29) is 11.6 Å². The first-order chi connectivity index (χ1) is 15.0. The molecule has 0 saturated heterocycles. The van der Waals surface area contributed by atoms with Gasteiger partial charge in [-0.25, -0.2) is 19.3 Å². The zero-order valence-electron chi connectivity index (χ0n) is 16.3. The molecule has 5 rings (SSSR count). The van der Waals surface area contributed by atoms with Crippen LogP contribution in [0.3, 0.4) is 0 Å². The van der Waals surface area contributed by atoms with Crippen LogP contribution in [0.2, 0.25) is 5.02 Å². The number of anilines is 1. The van der Waals surface area contributed by atoms with Crippen LogP contribution in [-0.2, 0) is 0 Å². The number of hydrogen-bond acceptors (Lipinski definition) is 5. The topological polar surface area (TPSA) is 88.5 Å². The van der Waals surface area contributed by atoms with E-state index in [1.165, 1.54) is 18.5 Å². The highest BCUT2D eigenvalue weighted by atomic mass is 35.5. The molecule has 1 atom stereocenters. The van der Waals surface area contributed by atoms with Crippen molar-refractivity contribution in [1.29, 1.82) is 0 Å². The SMILES string of the molecule is C[C@@H](Nc1ncnc2[nH]cnc12)c1cc2ccc(F)cc2c(=O)n1-c1ccc(Cl)cc1. The van der Waals surface area contributed by atoms with Crippen molar-refractivity contribution in [1.82, 2.24) is 24.5 Å². The highest BCUT2D eigenvalue weighted by Crippen LogP contribution is 2.26. The lowest BCUT2D eigenvalue weighted by Gasteiger charge is -2.21. The molecule has 0 saturated carbocycles. The van der Waals surface area contributed by atoms with Crippen LogP contribution >= 0.6 is 11.6 Å². The van der Waals surface area contributed by atoms with Crippen molar-refractivity contribution in [3.8, 4) is 5.69 Å². The highest BCUT2D eigenvalue weighted by Gasteiger charge is 2.18. The molecule has 0 amide bonds. The molecular formula is C22H16ClFN6O. The zero-order valence-corrected chi connectivity index (χ0v) is 17.1. The minimum Gasteiger partial charge on any atom is -0.360 e. The van der Waals surface area contributed by atoms with Gasteiger partial charge in [0, 0.05) is 16.4 Å². The van der Waals surface area contributed by atoms with Gasteiger partial charge in [-0.2, -0.15) is 0 Å². The third-order valence-corrected chi connectivity index (χ3v) is 5.36. The van der Waals surface area contributed by atoms with E-state index in [2.05, 4.69) is 25.3 Å². The number of nitrogens with zero attached hydrogens (tertiary/aromatic N) is 4. The summed E-state index contributed by atoms with van der Waals surface area (Å²) in [4.78, 5) is 29.1. The normalized spacial score (nSPS) is 12.4. The first kappa shape index (κ1) is 19.2. The predicted octanol–water partition coefficient (Wildman–Crippen LogP) is 4.62. The number of halogens is 2. The van der Waals surface area contributed by atoms with Crippen molar-refractivity contribution in [2.24, 2.45) is 0 Å². The van der Waals surface area contributed by atoms with Crippen LogP contribution in [0, 0.1) is 5.82 Å². The monoisotopic (exact) mass is 434 g/mol. The van der Waals surface area contributed by atoms with E-state index in [0.29, 0.717) is 44.2 Å². The Kier molecular flexibility index (Phi) is 4.63. The summed E-state index contributed by atoms with van der Waals surface area (Å²) in [5.74, 6) is 0.0705. The first-order valence-electron chi connectivity index (χ1n) is 9.53. The van der Waals surface area contributed by atoms with E-state index in [1.54, 1.807) is 41.2 Å². The van der Waals surface area contributed by atoms with Gasteiger partial charge in [-0.1, -0.05) is 17.7 Å². The standard InChI is InChI=1S/C22H16ClFN6O/c1-12(29-21-19-20(26-10-25-19)27-11-28-21)18-8-13-2-5-15(24)9-17(13)22(31)30(18)16-6-3-14(23)4-7-16/h2-12H,1H3,(H2,25,26,27,28,29)/t12-/m1/s1. The summed E-state index contributed by atoms with van der Waals surface area (Å²) >= 11 is 6.04. The molecule has 0 radical (unpaired) electrons. The summed E-state index contributed by atoms with van der Waals surface area (Å²) < 4.78 is 15.4. The van der Waals surface area contributed by atoms with Gasteiger partial charge in [0.1, 0.15) is 17.7 Å². The summed E-state index contributed by atoms with van der Waals surface area (Å²) in [6.07, 6.45) is 2.98. The fourth-order valence-corrected chi connectivity index (χ4v) is 3.75. The van der Waals surface area contributed by atoms with E-state index in [0.717, 1.165) is 0 Å². The predicted molar refractivity (Wildman–Crippen MR) is 118 cm³/mol. The minimum atomic E-state index is -0.465. The average Bonchev–Trinajstić information content (AvgIpc) is 3.25. The van der Waals surface area contributed by atoms with Crippen molar-refractivity contribution in [3.05, 3.63) is 88.1 Å². The number of imidazole rings is 1. The zero-order chi connectivity index (χ0) is 21.5. The molecule has 2 N–H and O–H groups in total. The smallest absolute Gasteiger partial charge is 0.263 e. The van der Waals surface area contributed by atoms with Crippen LogP contribution < -0.4 is 10.9 Å². The largest absolute Gasteiger partial charge is 0.360 e. The Hall–Kier alpha value is -3.78. The summed E-state index contributed by atoms with van der Waals surface area (Å²) in [5.41, 5.74) is 2.17. The first-order valence-corrected chi connectivity index (χ1v) is 9.91. The number of H-pyrrole nitrogens is 1. The Labute approximate surface area is 180 Å². The van der Waals surface area contributed by atoms with E-state index >= 15 is 0 Å². The van der Waals surface area contributed by atoms with Gasteiger partial charge >= 0.3 is 0 Å². The molecule has 0 aliphatic rings. The Balaban J connectivity index is 1.70. The number of pyridine rings is 1. The molecule has 9 heteroatoms. The van der Waals surface area contributed by atoms with Crippen molar-refractivity contribution in [2.75, 3.05) is 5.32 Å². The van der Waals surface area contributed by atoms with Gasteiger partial charge in [0.25, 0.3) is 5.56 Å². The second-order valence-electron chi connectivity index (χ2n) is 7.11. The van der Waals surface area contributed by atoms with Gasteiger partial charge in [0.15, 0.2) is 11.5 Å². The van der Waals surface area contributed by atoms with E-state index < -0.39 is 5.82 Å². The second-order valence-corrected chi connectivity index (χ2v) is 7.54. The van der Waals surface area contributed by atoms with Gasteiger partial charge in [0.2, 0.25) is 0 Å². The number of hydrogen-bond donors (Lipinski definition) is 2. The number of nitrogens with one attached hydrogen (secondary N) is 2. The molecule has 5 aromatic rings. The van der Waals surface area contributed by atoms with E-state index in [1.807, 2.05) is 13.0 Å². The summed E-state index contributed by atoms with van der Waals surface area (Å²) in [6, 6.07) is 12.6. The Bertz CT molecular complexity index is 1480. The molecule has 154 valence electrons. The molecule has 7 nitrogen and oxygen atoms in total. The summed E-state index contributed by atoms with van der Waals surface area (Å²) in [6.45, 7) is 1.91. The van der Waals surface area contributed by atoms with Crippen LogP contribution in [-0.4, -0.2) is 24.5 Å². The Morgan fingerprint density at radius 1 is 1.10 bits per heavy atom. The molecule has 0 spiro atoms. The van der Waals surface area contributed by atoms with Gasteiger partial charge < -0.3 is 10.3 Å². The van der Waals surface area contributed by atoms with Crippen LogP contribution in [0.1, 0.15) is 18.7 Å². The van der Waals surface area contributed by atoms with Crippen LogP contribution in [0.4, 0.5) is 10.2 Å². The van der Waals surface area contributed by atoms with Gasteiger partial charge in [0.05, 0.1) is 17.8 Å². The minimum absolute atomic E-state index is 0.294. The lowest BCUT2D eigenvalue weighted by atomic mass is 10.1. The maximum atomic E-state index is 13.9. The lowest BCUT2D eigenvalue weighted by Crippen LogP contribution is -2.25. The van der Waals surface area contributed by atoms with Gasteiger partial charge in [-0.15, -0.1) is 0 Å². The third kappa shape index (κ3) is 3.40. The molecule has 0 aliphatic carbocycles. The molecule has 0 fully saturated rings. The number of fused-ring (bicyclic) bond motifs is 2. The Morgan fingerprint density at radius 2 is 1.90 bits per heavy atom. The molecule has 31 heavy (non-hydrogen) atoms. The number of aromatic nitrogens is 5. The van der Waals surface area contributed by atoms with E-state index in [9.17, 15) is 9.18 Å². The summed E-state index contributed by atoms with van der Waals surface area (Å²) in [7, 11) is 0. The Morgan fingerprint density at radius 3 is 2.71 bits per heavy atom. The maximum Gasteiger partial charge on any atom is 0.263 e. The van der Waals surface area contributed by atoms with Crippen LogP contribution in [0.15, 0.2) is 66.0 Å². The second kappa shape index (κ2) is 7.48. The van der Waals surface area contributed by atoms with Crippen molar-refractivity contribution in [3.63, 3.8) is 0 Å². The van der Waals surface area contributed by atoms with Gasteiger partial charge in [-0.05, 0) is 54.8 Å². The average molecular weight is 435 g/mol. The molecule has 2 aromatic carbocycles. The molecular weight excluding hydrogens is 419 g/mol. The lowest BCUT2D eigenvalue weighted by molar-refractivity contribution is 0.629. The molecule has 0 bridgehead atoms. The van der Waals surface area contributed by atoms with Crippen molar-refractivity contribution >= 4 is 39.4 Å². The van der Waals surface area contributed by atoms with Gasteiger partial charge in [-0.3, -0.25) is 9.36 Å². The number of rotatable bonds is 4. The third-order valence-electron chi connectivity index (χ3n) is 5.11. The van der Waals surface area contributed by atoms with Crippen LogP contribution in [0.5, 0.6) is 0 Å². The quantitative estimate of drug-likeness (QED) is 0.431. The highest BCUT2D eigenvalue weighted by molar-refractivity contribution is 6.30. The maximum absolute atomic E-state index is 13.9.